The molecule has 2 heteroatoms. The molecule has 1 unspecified atom stereocenters. The highest BCUT2D eigenvalue weighted by molar-refractivity contribution is 6.78. The molecule has 1 aromatic rings. The van der Waals surface area contributed by atoms with E-state index in [-0.39, 0.29) is 0 Å². The van der Waals surface area contributed by atoms with Crippen LogP contribution in [0.25, 0.3) is 0 Å². The van der Waals surface area contributed by atoms with Crippen LogP contribution in [-0.2, 0) is 0 Å². The van der Waals surface area contributed by atoms with Gasteiger partial charge in [-0.15, -0.1) is 24.2 Å². The lowest BCUT2D eigenvalue weighted by Gasteiger charge is -2.08. The molecule has 0 spiro atoms. The van der Waals surface area contributed by atoms with E-state index in [4.69, 9.17) is 11.6 Å². The molecule has 1 aliphatic heterocycles. The summed E-state index contributed by atoms with van der Waals surface area (Å²) in [5.74, 6) is 3.39. The molecular formula is C13H14BCl. The molecule has 76 valence electrons. The van der Waals surface area contributed by atoms with E-state index in [9.17, 15) is 0 Å². The SMILES string of the molecule is C=CC1CB(c2ccccc2)C=C1CCl. The zero-order valence-electron chi connectivity index (χ0n) is 8.70. The van der Waals surface area contributed by atoms with Gasteiger partial charge in [0.15, 0.2) is 0 Å². The van der Waals surface area contributed by atoms with Crippen LogP contribution in [0.4, 0.5) is 0 Å². The smallest absolute Gasteiger partial charge is 0.122 e. The molecule has 1 heterocycles. The van der Waals surface area contributed by atoms with Gasteiger partial charge in [0.2, 0.25) is 6.71 Å². The van der Waals surface area contributed by atoms with Gasteiger partial charge in [0, 0.05) is 5.88 Å². The number of halogens is 1. The summed E-state index contributed by atoms with van der Waals surface area (Å²) < 4.78 is 0. The highest BCUT2D eigenvalue weighted by atomic mass is 35.5. The molecule has 0 bridgehead atoms. The van der Waals surface area contributed by atoms with Crippen molar-refractivity contribution in [2.45, 2.75) is 6.32 Å². The largest absolute Gasteiger partial charge is 0.201 e. The van der Waals surface area contributed by atoms with Gasteiger partial charge >= 0.3 is 0 Å². The molecule has 0 fully saturated rings. The Bertz CT molecular complexity index is 369. The van der Waals surface area contributed by atoms with Gasteiger partial charge in [0.05, 0.1) is 0 Å². The third-order valence-corrected chi connectivity index (χ3v) is 3.37. The third kappa shape index (κ3) is 2.18. The van der Waals surface area contributed by atoms with E-state index < -0.39 is 0 Å². The summed E-state index contributed by atoms with van der Waals surface area (Å²) in [4.78, 5) is 0. The van der Waals surface area contributed by atoms with E-state index in [1.54, 1.807) is 0 Å². The summed E-state index contributed by atoms with van der Waals surface area (Å²) in [5, 5.41) is 0. The predicted octanol–water partition coefficient (Wildman–Crippen LogP) is 2.91. The fourth-order valence-electron chi connectivity index (χ4n) is 2.20. The lowest BCUT2D eigenvalue weighted by molar-refractivity contribution is 0.883. The van der Waals surface area contributed by atoms with Crippen LogP contribution in [-0.4, -0.2) is 12.6 Å². The standard InChI is InChI=1S/C13H14BCl/c1-2-11-8-14(9-12(11)10-15)13-6-4-3-5-7-13/h2-7,9,11H,1,8,10H2. The molecule has 1 aliphatic rings. The summed E-state index contributed by atoms with van der Waals surface area (Å²) >= 11 is 5.92. The number of hydrogen-bond acceptors (Lipinski definition) is 0. The van der Waals surface area contributed by atoms with E-state index in [0.29, 0.717) is 18.5 Å². The quantitative estimate of drug-likeness (QED) is 0.414. The van der Waals surface area contributed by atoms with Gasteiger partial charge in [-0.1, -0.05) is 53.8 Å². The van der Waals surface area contributed by atoms with Crippen LogP contribution >= 0.6 is 11.6 Å². The van der Waals surface area contributed by atoms with Gasteiger partial charge in [-0.2, -0.15) is 0 Å². The maximum atomic E-state index is 5.92. The van der Waals surface area contributed by atoms with E-state index in [1.807, 2.05) is 6.08 Å². The highest BCUT2D eigenvalue weighted by Gasteiger charge is 2.27. The normalized spacial score (nSPS) is 20.2. The second-order valence-electron chi connectivity index (χ2n) is 3.97. The first kappa shape index (κ1) is 10.6. The van der Waals surface area contributed by atoms with E-state index >= 15 is 0 Å². The molecule has 15 heavy (non-hydrogen) atoms. The van der Waals surface area contributed by atoms with Gasteiger partial charge in [-0.3, -0.25) is 0 Å². The lowest BCUT2D eigenvalue weighted by atomic mass is 9.44. The van der Waals surface area contributed by atoms with Crippen LogP contribution in [0.5, 0.6) is 0 Å². The van der Waals surface area contributed by atoms with Crippen molar-refractivity contribution in [3.05, 3.63) is 54.5 Å². The van der Waals surface area contributed by atoms with Crippen LogP contribution in [0, 0.1) is 5.92 Å². The van der Waals surface area contributed by atoms with Crippen molar-refractivity contribution >= 4 is 23.8 Å². The zero-order chi connectivity index (χ0) is 10.7. The van der Waals surface area contributed by atoms with Crippen molar-refractivity contribution in [2.75, 3.05) is 5.88 Å². The zero-order valence-corrected chi connectivity index (χ0v) is 9.45. The number of rotatable bonds is 3. The fraction of sp³-hybridized carbons (Fsp3) is 0.231. The molecular weight excluding hydrogens is 202 g/mol. The fourth-order valence-corrected chi connectivity index (χ4v) is 2.49. The van der Waals surface area contributed by atoms with Crippen molar-refractivity contribution in [3.8, 4) is 0 Å². The summed E-state index contributed by atoms with van der Waals surface area (Å²) in [6, 6.07) is 10.6. The Balaban J connectivity index is 2.21. The van der Waals surface area contributed by atoms with Crippen LogP contribution in [0.2, 0.25) is 6.32 Å². The lowest BCUT2D eigenvalue weighted by Crippen LogP contribution is -2.26. The van der Waals surface area contributed by atoms with Crippen molar-refractivity contribution < 1.29 is 0 Å². The molecule has 0 aliphatic carbocycles. The second kappa shape index (κ2) is 4.72. The number of alkyl halides is 1. The highest BCUT2D eigenvalue weighted by Crippen LogP contribution is 2.27. The minimum absolute atomic E-state index is 0.465. The molecule has 1 aromatic carbocycles. The van der Waals surface area contributed by atoms with Crippen LogP contribution in [0.3, 0.4) is 0 Å². The number of benzene rings is 1. The molecule has 0 N–H and O–H groups in total. The first-order valence-electron chi connectivity index (χ1n) is 5.29. The molecule has 0 saturated carbocycles. The van der Waals surface area contributed by atoms with Crippen molar-refractivity contribution in [2.24, 2.45) is 5.92 Å². The minimum Gasteiger partial charge on any atom is -0.122 e. The van der Waals surface area contributed by atoms with Gasteiger partial charge in [0.1, 0.15) is 0 Å². The Morgan fingerprint density at radius 3 is 2.67 bits per heavy atom. The summed E-state index contributed by atoms with van der Waals surface area (Å²) in [5.41, 5.74) is 2.70. The Morgan fingerprint density at radius 2 is 2.13 bits per heavy atom. The average molecular weight is 217 g/mol. The average Bonchev–Trinajstić information content (AvgIpc) is 2.73. The first-order chi connectivity index (χ1) is 7.35. The molecule has 0 nitrogen and oxygen atoms in total. The minimum atomic E-state index is 0.465. The van der Waals surface area contributed by atoms with Gasteiger partial charge in [0.25, 0.3) is 0 Å². The van der Waals surface area contributed by atoms with Gasteiger partial charge < -0.3 is 0 Å². The molecule has 0 radical (unpaired) electrons. The maximum absolute atomic E-state index is 5.92. The topological polar surface area (TPSA) is 0 Å². The van der Waals surface area contributed by atoms with E-state index in [0.717, 1.165) is 6.32 Å². The Hall–Kier alpha value is -0.945. The number of hydrogen-bond donors (Lipinski definition) is 0. The van der Waals surface area contributed by atoms with E-state index in [2.05, 4.69) is 42.9 Å². The van der Waals surface area contributed by atoms with Crippen molar-refractivity contribution in [1.82, 2.24) is 0 Å². The Labute approximate surface area is 96.7 Å². The third-order valence-electron chi connectivity index (χ3n) is 3.07. The summed E-state index contributed by atoms with van der Waals surface area (Å²) in [6.07, 6.45) is 3.13. The summed E-state index contributed by atoms with van der Waals surface area (Å²) in [7, 11) is 0. The molecule has 0 aromatic heterocycles. The Morgan fingerprint density at radius 1 is 1.40 bits per heavy atom. The van der Waals surface area contributed by atoms with Gasteiger partial charge in [-0.05, 0) is 5.92 Å². The van der Waals surface area contributed by atoms with Crippen molar-refractivity contribution in [3.63, 3.8) is 0 Å². The van der Waals surface area contributed by atoms with Crippen LogP contribution in [0.1, 0.15) is 0 Å². The number of allylic oxidation sites excluding steroid dienone is 2. The second-order valence-corrected chi connectivity index (χ2v) is 4.24. The molecule has 2 rings (SSSR count). The van der Waals surface area contributed by atoms with Crippen LogP contribution in [0.15, 0.2) is 54.5 Å². The molecule has 0 saturated heterocycles. The van der Waals surface area contributed by atoms with E-state index in [1.165, 1.54) is 11.0 Å². The molecule has 1 atom stereocenters. The van der Waals surface area contributed by atoms with Crippen molar-refractivity contribution in [1.29, 1.82) is 0 Å². The first-order valence-corrected chi connectivity index (χ1v) is 5.82. The Kier molecular flexibility index (Phi) is 3.32. The van der Waals surface area contributed by atoms with Gasteiger partial charge in [-0.25, -0.2) is 0 Å². The predicted molar refractivity (Wildman–Crippen MR) is 69.1 cm³/mol. The van der Waals surface area contributed by atoms with Crippen LogP contribution < -0.4 is 5.46 Å². The maximum Gasteiger partial charge on any atom is 0.201 e. The summed E-state index contributed by atoms with van der Waals surface area (Å²) in [6.45, 7) is 4.39. The molecule has 0 amide bonds. The monoisotopic (exact) mass is 216 g/mol.